The van der Waals surface area contributed by atoms with Gasteiger partial charge in [0, 0.05) is 10.2 Å². The lowest BCUT2D eigenvalue weighted by atomic mass is 10.1. The Bertz CT molecular complexity index is 337. The maximum absolute atomic E-state index is 11.6. The predicted molar refractivity (Wildman–Crippen MR) is 70.4 cm³/mol. The van der Waals surface area contributed by atoms with Crippen LogP contribution in [0, 0.1) is 5.92 Å². The van der Waals surface area contributed by atoms with Crippen LogP contribution in [-0.2, 0) is 4.79 Å². The SMILES string of the molecule is CC(C)C(S)C(=O)Nc1ccc(Br)cc1. The van der Waals surface area contributed by atoms with Crippen molar-refractivity contribution in [1.82, 2.24) is 0 Å². The number of amides is 1. The summed E-state index contributed by atoms with van der Waals surface area (Å²) in [6, 6.07) is 7.47. The van der Waals surface area contributed by atoms with Gasteiger partial charge in [-0.25, -0.2) is 0 Å². The number of nitrogens with one attached hydrogen (secondary N) is 1. The molecular formula is C11H14BrNOS. The van der Waals surface area contributed by atoms with Gasteiger partial charge in [-0.15, -0.1) is 0 Å². The van der Waals surface area contributed by atoms with Gasteiger partial charge in [0.1, 0.15) is 0 Å². The Labute approximate surface area is 104 Å². The van der Waals surface area contributed by atoms with E-state index in [-0.39, 0.29) is 17.1 Å². The Kier molecular flexibility index (Phi) is 4.67. The summed E-state index contributed by atoms with van der Waals surface area (Å²) in [5.74, 6) is 0.166. The number of carbonyl (C=O) groups is 1. The number of benzene rings is 1. The molecule has 0 bridgehead atoms. The van der Waals surface area contributed by atoms with Gasteiger partial charge in [0.05, 0.1) is 5.25 Å². The quantitative estimate of drug-likeness (QED) is 0.821. The van der Waals surface area contributed by atoms with E-state index in [0.29, 0.717) is 0 Å². The fourth-order valence-electron chi connectivity index (χ4n) is 1.05. The third kappa shape index (κ3) is 3.87. The molecule has 1 aromatic rings. The molecule has 1 aromatic carbocycles. The molecule has 0 spiro atoms. The lowest BCUT2D eigenvalue weighted by molar-refractivity contribution is -0.116. The first-order chi connectivity index (χ1) is 7.00. The van der Waals surface area contributed by atoms with Crippen LogP contribution < -0.4 is 5.32 Å². The number of anilines is 1. The van der Waals surface area contributed by atoms with Crippen molar-refractivity contribution in [3.63, 3.8) is 0 Å². The lowest BCUT2D eigenvalue weighted by Crippen LogP contribution is -2.27. The molecule has 0 saturated carbocycles. The molecular weight excluding hydrogens is 274 g/mol. The fraction of sp³-hybridized carbons (Fsp3) is 0.364. The monoisotopic (exact) mass is 287 g/mol. The molecule has 2 nitrogen and oxygen atoms in total. The standard InChI is InChI=1S/C11H14BrNOS/c1-7(2)10(15)11(14)13-9-5-3-8(12)4-6-9/h3-7,10,15H,1-2H3,(H,13,14). The highest BCUT2D eigenvalue weighted by molar-refractivity contribution is 9.10. The minimum Gasteiger partial charge on any atom is -0.325 e. The second kappa shape index (κ2) is 5.56. The molecule has 15 heavy (non-hydrogen) atoms. The molecule has 0 aromatic heterocycles. The van der Waals surface area contributed by atoms with E-state index in [2.05, 4.69) is 33.9 Å². The van der Waals surface area contributed by atoms with Crippen molar-refractivity contribution < 1.29 is 4.79 Å². The summed E-state index contributed by atoms with van der Waals surface area (Å²) in [5.41, 5.74) is 0.794. The second-order valence-electron chi connectivity index (χ2n) is 3.68. The highest BCUT2D eigenvalue weighted by Gasteiger charge is 2.17. The molecule has 0 saturated heterocycles. The van der Waals surface area contributed by atoms with E-state index in [0.717, 1.165) is 10.2 Å². The number of thiol groups is 1. The number of halogens is 1. The summed E-state index contributed by atoms with van der Waals surface area (Å²) in [7, 11) is 0. The van der Waals surface area contributed by atoms with E-state index in [9.17, 15) is 4.79 Å². The Morgan fingerprint density at radius 2 is 1.87 bits per heavy atom. The summed E-state index contributed by atoms with van der Waals surface area (Å²) in [5, 5.41) is 2.54. The van der Waals surface area contributed by atoms with Crippen LogP contribution in [0.4, 0.5) is 5.69 Å². The highest BCUT2D eigenvalue weighted by Crippen LogP contribution is 2.16. The molecule has 0 heterocycles. The van der Waals surface area contributed by atoms with Gasteiger partial charge in [0.25, 0.3) is 0 Å². The van der Waals surface area contributed by atoms with Gasteiger partial charge in [-0.3, -0.25) is 4.79 Å². The minimum absolute atomic E-state index is 0.0596. The lowest BCUT2D eigenvalue weighted by Gasteiger charge is -2.14. The maximum Gasteiger partial charge on any atom is 0.237 e. The first kappa shape index (κ1) is 12.6. The summed E-state index contributed by atoms with van der Waals surface area (Å²) in [6.07, 6.45) is 0. The van der Waals surface area contributed by atoms with E-state index in [1.165, 1.54) is 0 Å². The Morgan fingerprint density at radius 1 is 1.33 bits per heavy atom. The predicted octanol–water partition coefficient (Wildman–Crippen LogP) is 3.34. The van der Waals surface area contributed by atoms with E-state index in [1.54, 1.807) is 0 Å². The van der Waals surface area contributed by atoms with Gasteiger partial charge in [0.2, 0.25) is 5.91 Å². The topological polar surface area (TPSA) is 29.1 Å². The molecule has 0 aliphatic carbocycles. The normalized spacial score (nSPS) is 12.6. The third-order valence-corrected chi connectivity index (χ3v) is 3.37. The molecule has 1 amide bonds. The van der Waals surface area contributed by atoms with Gasteiger partial charge < -0.3 is 5.32 Å². The summed E-state index contributed by atoms with van der Waals surface area (Å²) in [4.78, 5) is 11.6. The van der Waals surface area contributed by atoms with E-state index >= 15 is 0 Å². The number of rotatable bonds is 3. The van der Waals surface area contributed by atoms with Crippen molar-refractivity contribution in [3.8, 4) is 0 Å². The van der Waals surface area contributed by atoms with Crippen molar-refractivity contribution in [1.29, 1.82) is 0 Å². The van der Waals surface area contributed by atoms with Crippen molar-refractivity contribution in [2.24, 2.45) is 5.92 Å². The molecule has 1 unspecified atom stereocenters. The van der Waals surface area contributed by atoms with Gasteiger partial charge in [-0.1, -0.05) is 29.8 Å². The summed E-state index contributed by atoms with van der Waals surface area (Å²) in [6.45, 7) is 3.94. The summed E-state index contributed by atoms with van der Waals surface area (Å²) >= 11 is 7.59. The number of hydrogen-bond donors (Lipinski definition) is 2. The van der Waals surface area contributed by atoms with Gasteiger partial charge in [0.15, 0.2) is 0 Å². The fourth-order valence-corrected chi connectivity index (χ4v) is 1.38. The van der Waals surface area contributed by atoms with Crippen molar-refractivity contribution in [3.05, 3.63) is 28.7 Å². The maximum atomic E-state index is 11.6. The molecule has 0 aliphatic rings. The zero-order valence-electron chi connectivity index (χ0n) is 8.70. The van der Waals surface area contributed by atoms with Gasteiger partial charge >= 0.3 is 0 Å². The Balaban J connectivity index is 2.62. The van der Waals surface area contributed by atoms with Crippen molar-refractivity contribution in [2.75, 3.05) is 5.32 Å². The first-order valence-electron chi connectivity index (χ1n) is 4.75. The first-order valence-corrected chi connectivity index (χ1v) is 6.06. The Hall–Kier alpha value is -0.480. The Morgan fingerprint density at radius 3 is 2.33 bits per heavy atom. The van der Waals surface area contributed by atoms with Crippen LogP contribution >= 0.6 is 28.6 Å². The largest absolute Gasteiger partial charge is 0.325 e. The summed E-state index contributed by atoms with van der Waals surface area (Å²) < 4.78 is 0.992. The number of carbonyl (C=O) groups excluding carboxylic acids is 1. The van der Waals surface area contributed by atoms with Crippen LogP contribution in [0.3, 0.4) is 0 Å². The highest BCUT2D eigenvalue weighted by atomic mass is 79.9. The van der Waals surface area contributed by atoms with Crippen LogP contribution in [-0.4, -0.2) is 11.2 Å². The molecule has 1 atom stereocenters. The molecule has 0 radical (unpaired) electrons. The van der Waals surface area contributed by atoms with Gasteiger partial charge in [-0.2, -0.15) is 12.6 Å². The molecule has 4 heteroatoms. The molecule has 0 fully saturated rings. The smallest absolute Gasteiger partial charge is 0.237 e. The average molecular weight is 288 g/mol. The van der Waals surface area contributed by atoms with Crippen LogP contribution in [0.5, 0.6) is 0 Å². The van der Waals surface area contributed by atoms with Crippen LogP contribution in [0.25, 0.3) is 0 Å². The van der Waals surface area contributed by atoms with Crippen molar-refractivity contribution in [2.45, 2.75) is 19.1 Å². The molecule has 1 N–H and O–H groups in total. The van der Waals surface area contributed by atoms with Crippen LogP contribution in [0.2, 0.25) is 0 Å². The van der Waals surface area contributed by atoms with Crippen LogP contribution in [0.1, 0.15) is 13.8 Å². The van der Waals surface area contributed by atoms with E-state index in [4.69, 9.17) is 0 Å². The minimum atomic E-state index is -0.270. The zero-order valence-corrected chi connectivity index (χ0v) is 11.2. The zero-order chi connectivity index (χ0) is 11.4. The second-order valence-corrected chi connectivity index (χ2v) is 5.16. The number of hydrogen-bond acceptors (Lipinski definition) is 2. The van der Waals surface area contributed by atoms with E-state index in [1.807, 2.05) is 38.1 Å². The molecule has 82 valence electrons. The average Bonchev–Trinajstić information content (AvgIpc) is 2.20. The molecule has 1 rings (SSSR count). The molecule has 0 aliphatic heterocycles. The third-order valence-electron chi connectivity index (χ3n) is 2.01. The van der Waals surface area contributed by atoms with E-state index < -0.39 is 0 Å². The van der Waals surface area contributed by atoms with Crippen LogP contribution in [0.15, 0.2) is 28.7 Å². The van der Waals surface area contributed by atoms with Gasteiger partial charge in [-0.05, 0) is 30.2 Å². The van der Waals surface area contributed by atoms with Crippen molar-refractivity contribution >= 4 is 40.2 Å².